The lowest BCUT2D eigenvalue weighted by molar-refractivity contribution is -0.235. The van der Waals surface area contributed by atoms with E-state index in [1.807, 2.05) is 11.8 Å². The minimum atomic E-state index is -0.829. The highest BCUT2D eigenvalue weighted by molar-refractivity contribution is 5.83. The molecule has 43 heavy (non-hydrogen) atoms. The van der Waals surface area contributed by atoms with Crippen molar-refractivity contribution in [3.05, 3.63) is 48.2 Å². The fourth-order valence-corrected chi connectivity index (χ4v) is 5.63. The minimum absolute atomic E-state index is 0.0191. The number of morpholine rings is 1. The summed E-state index contributed by atoms with van der Waals surface area (Å²) in [7, 11) is 0. The number of imidazole rings is 1. The summed E-state index contributed by atoms with van der Waals surface area (Å²) in [5, 5.41) is 3.40. The normalized spacial score (nSPS) is 23.3. The van der Waals surface area contributed by atoms with Gasteiger partial charge < -0.3 is 34.3 Å². The summed E-state index contributed by atoms with van der Waals surface area (Å²) in [6.07, 6.45) is 2.43. The summed E-state index contributed by atoms with van der Waals surface area (Å²) in [6, 6.07) is 7.98. The van der Waals surface area contributed by atoms with Gasteiger partial charge in [-0.2, -0.15) is 0 Å². The zero-order valence-electron chi connectivity index (χ0n) is 24.3. The molecule has 0 spiro atoms. The number of carbonyl (C=O) groups excluding carboxylic acids is 2. The van der Waals surface area contributed by atoms with Crippen LogP contribution in [0.4, 0.5) is 10.3 Å². The van der Waals surface area contributed by atoms with Gasteiger partial charge in [0.25, 0.3) is 0 Å². The number of H-pyrrole nitrogens is 1. The van der Waals surface area contributed by atoms with Gasteiger partial charge in [-0.15, -0.1) is 0 Å². The van der Waals surface area contributed by atoms with Crippen molar-refractivity contribution in [3.8, 4) is 22.6 Å². The molecule has 2 N–H and O–H groups in total. The Balaban J connectivity index is 1.22. The maximum atomic E-state index is 13.8. The van der Waals surface area contributed by atoms with Crippen LogP contribution in [0.2, 0.25) is 0 Å². The number of benzene rings is 1. The number of hydrogen-bond acceptors (Lipinski definition) is 9. The molecule has 6 rings (SSSR count). The quantitative estimate of drug-likeness (QED) is 0.442. The Morgan fingerprint density at radius 1 is 1.00 bits per heavy atom. The van der Waals surface area contributed by atoms with E-state index in [-0.39, 0.29) is 36.9 Å². The van der Waals surface area contributed by atoms with Crippen molar-refractivity contribution in [2.45, 2.75) is 39.0 Å². The first-order chi connectivity index (χ1) is 20.8. The maximum absolute atomic E-state index is 13.8. The molecular weight excluding hydrogens is 557 g/mol. The second-order valence-corrected chi connectivity index (χ2v) is 11.5. The third-order valence-electron chi connectivity index (χ3n) is 8.17. The summed E-state index contributed by atoms with van der Waals surface area (Å²) in [5.41, 5.74) is 1.60. The molecule has 228 valence electrons. The zero-order chi connectivity index (χ0) is 30.0. The minimum Gasteiger partial charge on any atom is -0.378 e. The Kier molecular flexibility index (Phi) is 8.37. The number of piperidine rings is 1. The molecule has 12 nitrogen and oxygen atoms in total. The van der Waals surface area contributed by atoms with Crippen LogP contribution < -0.4 is 5.32 Å². The Morgan fingerprint density at radius 3 is 2.37 bits per heavy atom. The number of amides is 2. The molecule has 1 aromatic carbocycles. The summed E-state index contributed by atoms with van der Waals surface area (Å²) < 4.78 is 31.3. The largest absolute Gasteiger partial charge is 0.378 e. The van der Waals surface area contributed by atoms with E-state index in [9.17, 15) is 14.0 Å². The molecule has 3 fully saturated rings. The third kappa shape index (κ3) is 6.38. The zero-order valence-corrected chi connectivity index (χ0v) is 24.3. The highest BCUT2D eigenvalue weighted by atomic mass is 19.1. The Morgan fingerprint density at radius 2 is 1.70 bits per heavy atom. The van der Waals surface area contributed by atoms with Gasteiger partial charge >= 0.3 is 0 Å². The van der Waals surface area contributed by atoms with E-state index in [1.165, 1.54) is 12.1 Å². The highest BCUT2D eigenvalue weighted by Gasteiger charge is 2.43. The average Bonchev–Trinajstić information content (AvgIpc) is 3.48. The molecule has 0 aliphatic carbocycles. The number of carbonyl (C=O) groups is 2. The molecule has 2 amide bonds. The predicted octanol–water partition coefficient (Wildman–Crippen LogP) is 3.01. The van der Waals surface area contributed by atoms with E-state index in [4.69, 9.17) is 24.2 Å². The van der Waals surface area contributed by atoms with E-state index in [0.717, 1.165) is 12.8 Å². The van der Waals surface area contributed by atoms with Gasteiger partial charge in [0.15, 0.2) is 5.82 Å². The monoisotopic (exact) mass is 593 g/mol. The number of rotatable bonds is 6. The van der Waals surface area contributed by atoms with Crippen molar-refractivity contribution in [1.29, 1.82) is 0 Å². The second kappa shape index (κ2) is 12.3. The molecule has 3 aliphatic rings. The smallest absolute Gasteiger partial charge is 0.233 e. The highest BCUT2D eigenvalue weighted by Crippen LogP contribution is 2.36. The molecule has 0 bridgehead atoms. The molecule has 5 heterocycles. The lowest BCUT2D eigenvalue weighted by Gasteiger charge is -2.39. The van der Waals surface area contributed by atoms with Crippen LogP contribution in [0.1, 0.15) is 38.8 Å². The lowest BCUT2D eigenvalue weighted by atomic mass is 9.90. The maximum Gasteiger partial charge on any atom is 0.233 e. The van der Waals surface area contributed by atoms with Crippen molar-refractivity contribution in [3.63, 3.8) is 0 Å². The summed E-state index contributed by atoms with van der Waals surface area (Å²) in [5.74, 6) is 0.588. The van der Waals surface area contributed by atoms with Gasteiger partial charge in [-0.05, 0) is 50.1 Å². The standard InChI is InChI=1S/C30H36FN7O5/c1-19(39)37-11-8-22(9-12-37)33-29-32-10-7-23(34-29)25-24(20-3-5-21(31)6-4-20)35-26(36-25)27-42-17-30(2,18-43-27)28(40)38-13-15-41-16-14-38/h3-7,10,22,27H,8-9,11-18H2,1-2H3,(H,35,36)(H,32,33,34). The number of ether oxygens (including phenoxy) is 3. The van der Waals surface area contributed by atoms with E-state index in [2.05, 4.69) is 15.3 Å². The van der Waals surface area contributed by atoms with E-state index in [1.54, 1.807) is 36.2 Å². The first-order valence-electron chi connectivity index (χ1n) is 14.6. The lowest BCUT2D eigenvalue weighted by Crippen LogP contribution is -2.53. The van der Waals surface area contributed by atoms with Crippen LogP contribution in [-0.2, 0) is 23.8 Å². The molecule has 2 aromatic heterocycles. The van der Waals surface area contributed by atoms with Gasteiger partial charge in [-0.1, -0.05) is 0 Å². The molecule has 0 radical (unpaired) electrons. The Bertz CT molecular complexity index is 1440. The molecule has 0 unspecified atom stereocenters. The van der Waals surface area contributed by atoms with Gasteiger partial charge in [0.2, 0.25) is 24.1 Å². The van der Waals surface area contributed by atoms with Gasteiger partial charge in [0.1, 0.15) is 5.82 Å². The van der Waals surface area contributed by atoms with E-state index in [0.29, 0.717) is 73.8 Å². The molecule has 3 aromatic rings. The van der Waals surface area contributed by atoms with E-state index >= 15 is 0 Å². The Labute approximate surface area is 248 Å². The van der Waals surface area contributed by atoms with Crippen molar-refractivity contribution in [2.75, 3.05) is 57.9 Å². The molecular formula is C30H36FN7O5. The number of aromatic nitrogens is 4. The molecule has 0 atom stereocenters. The summed E-state index contributed by atoms with van der Waals surface area (Å²) in [4.78, 5) is 45.8. The van der Waals surface area contributed by atoms with Gasteiger partial charge in [-0.3, -0.25) is 9.59 Å². The van der Waals surface area contributed by atoms with Gasteiger partial charge in [0.05, 0.1) is 48.9 Å². The van der Waals surface area contributed by atoms with Crippen LogP contribution in [0, 0.1) is 11.2 Å². The first kappa shape index (κ1) is 29.1. The number of nitrogens with one attached hydrogen (secondary N) is 2. The molecule has 13 heteroatoms. The molecule has 3 saturated heterocycles. The fourth-order valence-electron chi connectivity index (χ4n) is 5.63. The number of halogens is 1. The van der Waals surface area contributed by atoms with Crippen molar-refractivity contribution < 1.29 is 28.2 Å². The molecule has 0 saturated carbocycles. The topological polar surface area (TPSA) is 135 Å². The number of nitrogens with zero attached hydrogens (tertiary/aromatic N) is 5. The number of anilines is 1. The van der Waals surface area contributed by atoms with Crippen molar-refractivity contribution in [1.82, 2.24) is 29.7 Å². The van der Waals surface area contributed by atoms with Crippen LogP contribution in [0.15, 0.2) is 36.5 Å². The van der Waals surface area contributed by atoms with Crippen molar-refractivity contribution in [2.24, 2.45) is 5.41 Å². The third-order valence-corrected chi connectivity index (χ3v) is 8.17. The number of hydrogen-bond donors (Lipinski definition) is 2. The van der Waals surface area contributed by atoms with Crippen molar-refractivity contribution >= 4 is 17.8 Å². The first-order valence-corrected chi connectivity index (χ1v) is 14.6. The van der Waals surface area contributed by atoms with Crippen LogP contribution in [-0.4, -0.2) is 100 Å². The SMILES string of the molecule is CC(=O)N1CCC(Nc2nccc(-c3[nH]c(C4OCC(C)(C(=O)N5CCOCC5)CO4)nc3-c3ccc(F)cc3)n2)CC1. The molecule has 3 aliphatic heterocycles. The number of likely N-dealkylation sites (tertiary alicyclic amines) is 1. The summed E-state index contributed by atoms with van der Waals surface area (Å²) >= 11 is 0. The van der Waals surface area contributed by atoms with Crippen LogP contribution in [0.3, 0.4) is 0 Å². The van der Waals surface area contributed by atoms with E-state index < -0.39 is 11.7 Å². The van der Waals surface area contributed by atoms with Gasteiger partial charge in [0, 0.05) is 50.9 Å². The number of aromatic amines is 1. The average molecular weight is 594 g/mol. The fraction of sp³-hybridized carbons (Fsp3) is 0.500. The Hall–Kier alpha value is -3.94. The van der Waals surface area contributed by atoms with Gasteiger partial charge in [-0.25, -0.2) is 19.3 Å². The second-order valence-electron chi connectivity index (χ2n) is 11.5. The van der Waals surface area contributed by atoms with Crippen LogP contribution in [0.5, 0.6) is 0 Å². The summed E-state index contributed by atoms with van der Waals surface area (Å²) in [6.45, 7) is 7.28. The predicted molar refractivity (Wildman–Crippen MR) is 154 cm³/mol. The van der Waals surface area contributed by atoms with Crippen LogP contribution in [0.25, 0.3) is 22.6 Å². The van der Waals surface area contributed by atoms with Crippen LogP contribution >= 0.6 is 0 Å².